The lowest BCUT2D eigenvalue weighted by Gasteiger charge is -2.30. The lowest BCUT2D eigenvalue weighted by Crippen LogP contribution is -2.31. The lowest BCUT2D eigenvalue weighted by molar-refractivity contribution is -0.144. The van der Waals surface area contributed by atoms with Gasteiger partial charge in [-0.05, 0) is 19.3 Å². The predicted molar refractivity (Wildman–Crippen MR) is 65.7 cm³/mol. The zero-order valence-corrected chi connectivity index (χ0v) is 11.0. The highest BCUT2D eigenvalue weighted by molar-refractivity contribution is 14.1. The first-order valence-electron chi connectivity index (χ1n) is 5.51. The van der Waals surface area contributed by atoms with Crippen LogP contribution in [-0.2, 0) is 9.53 Å². The molecular weight excluding hydrogens is 291 g/mol. The van der Waals surface area contributed by atoms with Crippen molar-refractivity contribution in [3.63, 3.8) is 0 Å². The van der Waals surface area contributed by atoms with Crippen LogP contribution in [0.4, 0.5) is 0 Å². The van der Waals surface area contributed by atoms with Gasteiger partial charge in [0.1, 0.15) is 6.61 Å². The van der Waals surface area contributed by atoms with Crippen LogP contribution < -0.4 is 0 Å². The van der Waals surface area contributed by atoms with Crippen LogP contribution in [0.25, 0.3) is 0 Å². The Labute approximate surface area is 99.9 Å². The first kappa shape index (κ1) is 12.3. The normalized spacial score (nSPS) is 20.4. The SMILES string of the molecule is CCCC(=O)OCC1(I)CCCCC1. The van der Waals surface area contributed by atoms with Crippen molar-refractivity contribution in [1.82, 2.24) is 0 Å². The summed E-state index contributed by atoms with van der Waals surface area (Å²) >= 11 is 2.47. The maximum absolute atomic E-state index is 11.2. The number of hydrogen-bond acceptors (Lipinski definition) is 2. The van der Waals surface area contributed by atoms with Crippen molar-refractivity contribution in [2.75, 3.05) is 6.61 Å². The van der Waals surface area contributed by atoms with Gasteiger partial charge in [0.05, 0.1) is 3.42 Å². The molecule has 1 saturated carbocycles. The second kappa shape index (κ2) is 5.93. The number of carbonyl (C=O) groups is 1. The van der Waals surface area contributed by atoms with Gasteiger partial charge in [-0.2, -0.15) is 0 Å². The van der Waals surface area contributed by atoms with Crippen LogP contribution in [0, 0.1) is 0 Å². The van der Waals surface area contributed by atoms with Crippen molar-refractivity contribution in [3.05, 3.63) is 0 Å². The van der Waals surface area contributed by atoms with Crippen molar-refractivity contribution >= 4 is 28.6 Å². The zero-order valence-electron chi connectivity index (χ0n) is 8.85. The molecule has 0 spiro atoms. The number of hydrogen-bond donors (Lipinski definition) is 0. The van der Waals surface area contributed by atoms with Crippen LogP contribution in [0.1, 0.15) is 51.9 Å². The minimum atomic E-state index is -0.0332. The number of rotatable bonds is 4. The van der Waals surface area contributed by atoms with Crippen molar-refractivity contribution in [3.8, 4) is 0 Å². The third kappa shape index (κ3) is 4.15. The van der Waals surface area contributed by atoms with Gasteiger partial charge in [-0.1, -0.05) is 48.8 Å². The monoisotopic (exact) mass is 310 g/mol. The van der Waals surface area contributed by atoms with Crippen molar-refractivity contribution < 1.29 is 9.53 Å². The molecule has 0 heterocycles. The Morgan fingerprint density at radius 3 is 2.57 bits per heavy atom. The van der Waals surface area contributed by atoms with Crippen molar-refractivity contribution in [1.29, 1.82) is 0 Å². The molecule has 1 fully saturated rings. The van der Waals surface area contributed by atoms with Crippen LogP contribution >= 0.6 is 22.6 Å². The van der Waals surface area contributed by atoms with Gasteiger partial charge >= 0.3 is 5.97 Å². The van der Waals surface area contributed by atoms with Crippen LogP contribution in [0.5, 0.6) is 0 Å². The van der Waals surface area contributed by atoms with Gasteiger partial charge in [0.2, 0.25) is 0 Å². The van der Waals surface area contributed by atoms with Crippen LogP contribution in [0.2, 0.25) is 0 Å². The second-order valence-electron chi connectivity index (χ2n) is 4.12. The van der Waals surface area contributed by atoms with Crippen LogP contribution in [0.15, 0.2) is 0 Å². The standard InChI is InChI=1S/C11H19IO2/c1-2-6-10(13)14-9-11(12)7-4-3-5-8-11/h2-9H2,1H3. The molecule has 0 aliphatic heterocycles. The van der Waals surface area contributed by atoms with Gasteiger partial charge in [0.15, 0.2) is 0 Å². The summed E-state index contributed by atoms with van der Waals surface area (Å²) in [6, 6.07) is 0. The molecule has 0 saturated heterocycles. The molecule has 0 bridgehead atoms. The molecule has 82 valence electrons. The van der Waals surface area contributed by atoms with Gasteiger partial charge in [0, 0.05) is 6.42 Å². The highest BCUT2D eigenvalue weighted by atomic mass is 127. The summed E-state index contributed by atoms with van der Waals surface area (Å²) < 4.78 is 5.51. The van der Waals surface area contributed by atoms with E-state index >= 15 is 0 Å². The Morgan fingerprint density at radius 2 is 2.00 bits per heavy atom. The molecule has 0 atom stereocenters. The summed E-state index contributed by atoms with van der Waals surface area (Å²) in [6.45, 7) is 2.62. The molecule has 0 aromatic carbocycles. The average molecular weight is 310 g/mol. The number of halogens is 1. The summed E-state index contributed by atoms with van der Waals surface area (Å²) in [4.78, 5) is 11.2. The first-order chi connectivity index (χ1) is 6.66. The molecule has 0 unspecified atom stereocenters. The third-order valence-electron chi connectivity index (χ3n) is 2.70. The molecule has 1 rings (SSSR count). The second-order valence-corrected chi connectivity index (χ2v) is 6.41. The number of esters is 1. The Kier molecular flexibility index (Phi) is 5.20. The minimum Gasteiger partial charge on any atom is -0.464 e. The number of alkyl halides is 1. The van der Waals surface area contributed by atoms with E-state index in [1.807, 2.05) is 6.92 Å². The summed E-state index contributed by atoms with van der Waals surface area (Å²) in [5.74, 6) is -0.0332. The Bertz CT molecular complexity index is 186. The fourth-order valence-corrected chi connectivity index (χ4v) is 2.73. The molecule has 14 heavy (non-hydrogen) atoms. The molecule has 0 aromatic heterocycles. The van der Waals surface area contributed by atoms with E-state index in [1.54, 1.807) is 0 Å². The van der Waals surface area contributed by atoms with Gasteiger partial charge in [0.25, 0.3) is 0 Å². The van der Waals surface area contributed by atoms with Crippen LogP contribution in [0.3, 0.4) is 0 Å². The lowest BCUT2D eigenvalue weighted by atomic mass is 9.90. The smallest absolute Gasteiger partial charge is 0.305 e. The summed E-state index contributed by atoms with van der Waals surface area (Å²) in [5.41, 5.74) is 0. The molecule has 1 aliphatic carbocycles. The Morgan fingerprint density at radius 1 is 1.36 bits per heavy atom. The molecule has 0 amide bonds. The van der Waals surface area contributed by atoms with Crippen molar-refractivity contribution in [2.24, 2.45) is 0 Å². The van der Waals surface area contributed by atoms with E-state index in [4.69, 9.17) is 4.74 Å². The number of ether oxygens (including phenoxy) is 1. The van der Waals surface area contributed by atoms with Crippen LogP contribution in [-0.4, -0.2) is 16.0 Å². The highest BCUT2D eigenvalue weighted by Gasteiger charge is 2.30. The number of carbonyl (C=O) groups excluding carboxylic acids is 1. The van der Waals surface area contributed by atoms with E-state index in [2.05, 4.69) is 22.6 Å². The fraction of sp³-hybridized carbons (Fsp3) is 0.909. The Hall–Kier alpha value is 0.200. The quantitative estimate of drug-likeness (QED) is 0.451. The average Bonchev–Trinajstić information content (AvgIpc) is 2.17. The summed E-state index contributed by atoms with van der Waals surface area (Å²) in [5, 5.41) is 0. The van der Waals surface area contributed by atoms with Gasteiger partial charge in [-0.15, -0.1) is 0 Å². The molecule has 0 aromatic rings. The molecule has 1 aliphatic rings. The minimum absolute atomic E-state index is 0.0332. The maximum atomic E-state index is 11.2. The molecular formula is C11H19IO2. The Balaban J connectivity index is 2.24. The van der Waals surface area contributed by atoms with E-state index in [-0.39, 0.29) is 9.39 Å². The van der Waals surface area contributed by atoms with E-state index < -0.39 is 0 Å². The van der Waals surface area contributed by atoms with Gasteiger partial charge < -0.3 is 4.74 Å². The molecule has 0 radical (unpaired) electrons. The zero-order chi connectivity index (χ0) is 10.4. The molecule has 3 heteroatoms. The fourth-order valence-electron chi connectivity index (χ4n) is 1.82. The molecule has 2 nitrogen and oxygen atoms in total. The third-order valence-corrected chi connectivity index (χ3v) is 4.09. The molecule has 0 N–H and O–H groups in total. The summed E-state index contributed by atoms with van der Waals surface area (Å²) in [6.07, 6.45) is 7.76. The first-order valence-corrected chi connectivity index (χ1v) is 6.59. The van der Waals surface area contributed by atoms with E-state index in [1.165, 1.54) is 32.1 Å². The largest absolute Gasteiger partial charge is 0.464 e. The van der Waals surface area contributed by atoms with E-state index in [9.17, 15) is 4.79 Å². The highest BCUT2D eigenvalue weighted by Crippen LogP contribution is 2.36. The van der Waals surface area contributed by atoms with Gasteiger partial charge in [-0.25, -0.2) is 0 Å². The van der Waals surface area contributed by atoms with E-state index in [0.717, 1.165) is 6.42 Å². The summed E-state index contributed by atoms with van der Waals surface area (Å²) in [7, 11) is 0. The van der Waals surface area contributed by atoms with Crippen molar-refractivity contribution in [2.45, 2.75) is 55.3 Å². The topological polar surface area (TPSA) is 26.3 Å². The van der Waals surface area contributed by atoms with E-state index in [0.29, 0.717) is 13.0 Å². The predicted octanol–water partition coefficient (Wildman–Crippen LogP) is 3.47. The van der Waals surface area contributed by atoms with Gasteiger partial charge in [-0.3, -0.25) is 4.79 Å². The maximum Gasteiger partial charge on any atom is 0.305 e.